The van der Waals surface area contributed by atoms with Gasteiger partial charge in [0.05, 0.1) is 5.69 Å². The number of amides is 2. The number of aromatic nitrogens is 4. The van der Waals surface area contributed by atoms with Gasteiger partial charge in [0.25, 0.3) is 5.91 Å². The lowest BCUT2D eigenvalue weighted by Gasteiger charge is -2.16. The van der Waals surface area contributed by atoms with Crippen molar-refractivity contribution in [3.8, 4) is 5.75 Å². The average molecular weight is 360 g/mol. The predicted molar refractivity (Wildman–Crippen MR) is 93.5 cm³/mol. The number of carbonyl (C=O) groups excluding carboxylic acids is 2. The van der Waals surface area contributed by atoms with E-state index < -0.39 is 0 Å². The zero-order chi connectivity index (χ0) is 18.7. The lowest BCUT2D eigenvalue weighted by Crippen LogP contribution is -2.33. The van der Waals surface area contributed by atoms with Crippen molar-refractivity contribution in [2.45, 2.75) is 26.2 Å². The van der Waals surface area contributed by atoms with Gasteiger partial charge in [0, 0.05) is 45.7 Å². The first-order chi connectivity index (χ1) is 12.4. The van der Waals surface area contributed by atoms with Crippen molar-refractivity contribution >= 4 is 11.8 Å². The van der Waals surface area contributed by atoms with E-state index in [4.69, 9.17) is 0 Å². The normalized spacial score (nSPS) is 16.8. The molecule has 3 N–H and O–H groups in total. The van der Waals surface area contributed by atoms with Crippen LogP contribution >= 0.6 is 0 Å². The molecule has 3 rings (SSSR count). The van der Waals surface area contributed by atoms with Crippen molar-refractivity contribution < 1.29 is 14.7 Å². The molecule has 9 heteroatoms. The van der Waals surface area contributed by atoms with Crippen LogP contribution in [0.15, 0.2) is 12.3 Å². The molecule has 1 fully saturated rings. The molecule has 1 aliphatic heterocycles. The van der Waals surface area contributed by atoms with Gasteiger partial charge in [-0.3, -0.25) is 19.4 Å². The molecule has 2 aromatic rings. The Labute approximate surface area is 151 Å². The molecule has 0 saturated carbocycles. The van der Waals surface area contributed by atoms with E-state index in [1.165, 1.54) is 0 Å². The van der Waals surface area contributed by atoms with Gasteiger partial charge in [-0.25, -0.2) is 0 Å². The number of H-pyrrole nitrogens is 1. The van der Waals surface area contributed by atoms with Crippen LogP contribution in [0.2, 0.25) is 0 Å². The van der Waals surface area contributed by atoms with E-state index >= 15 is 0 Å². The number of rotatable bonds is 6. The van der Waals surface area contributed by atoms with Gasteiger partial charge in [-0.05, 0) is 25.3 Å². The van der Waals surface area contributed by atoms with Crippen molar-refractivity contribution in [1.29, 1.82) is 0 Å². The first-order valence-electron chi connectivity index (χ1n) is 8.72. The summed E-state index contributed by atoms with van der Waals surface area (Å²) in [5.74, 6) is -0.182. The molecule has 9 nitrogen and oxygen atoms in total. The van der Waals surface area contributed by atoms with Crippen molar-refractivity contribution in [3.05, 3.63) is 29.3 Å². The van der Waals surface area contributed by atoms with Crippen LogP contribution in [0.3, 0.4) is 0 Å². The van der Waals surface area contributed by atoms with Crippen molar-refractivity contribution in [1.82, 2.24) is 30.2 Å². The SMILES string of the molecule is Cc1n[nH]c(C(=O)NCC2CCN(C(=O)CCc3ccn(C)n3)C2)c1O. The van der Waals surface area contributed by atoms with Crippen LogP contribution in [0.25, 0.3) is 0 Å². The summed E-state index contributed by atoms with van der Waals surface area (Å²) in [4.78, 5) is 26.3. The van der Waals surface area contributed by atoms with Gasteiger partial charge < -0.3 is 15.3 Å². The molecule has 1 saturated heterocycles. The highest BCUT2D eigenvalue weighted by atomic mass is 16.3. The summed E-state index contributed by atoms with van der Waals surface area (Å²) in [5.41, 5.74) is 1.38. The fraction of sp³-hybridized carbons (Fsp3) is 0.529. The quantitative estimate of drug-likeness (QED) is 0.688. The molecule has 1 atom stereocenters. The maximum absolute atomic E-state index is 12.3. The molecule has 26 heavy (non-hydrogen) atoms. The average Bonchev–Trinajstić information content (AvgIpc) is 3.33. The number of carbonyl (C=O) groups is 2. The largest absolute Gasteiger partial charge is 0.504 e. The summed E-state index contributed by atoms with van der Waals surface area (Å²) >= 11 is 0. The number of likely N-dealkylation sites (tertiary alicyclic amines) is 1. The fourth-order valence-corrected chi connectivity index (χ4v) is 3.13. The summed E-state index contributed by atoms with van der Waals surface area (Å²) < 4.78 is 1.73. The van der Waals surface area contributed by atoms with Gasteiger partial charge in [0.1, 0.15) is 5.69 Å². The maximum atomic E-state index is 12.3. The molecule has 0 aromatic carbocycles. The number of hydrogen-bond acceptors (Lipinski definition) is 5. The minimum atomic E-state index is -0.386. The van der Waals surface area contributed by atoms with E-state index in [9.17, 15) is 14.7 Å². The first-order valence-corrected chi connectivity index (χ1v) is 8.72. The van der Waals surface area contributed by atoms with E-state index in [2.05, 4.69) is 20.6 Å². The highest BCUT2D eigenvalue weighted by molar-refractivity contribution is 5.95. The third kappa shape index (κ3) is 4.04. The summed E-state index contributed by atoms with van der Waals surface area (Å²) in [5, 5.41) is 23.2. The lowest BCUT2D eigenvalue weighted by atomic mass is 10.1. The smallest absolute Gasteiger partial charge is 0.273 e. The van der Waals surface area contributed by atoms with Crippen LogP contribution in [-0.2, 0) is 18.3 Å². The molecular formula is C17H24N6O3. The standard InChI is InChI=1S/C17H24N6O3/c1-11-16(25)15(20-19-11)17(26)18-9-12-5-8-23(10-12)14(24)4-3-13-6-7-22(2)21-13/h6-7,12,25H,3-5,8-10H2,1-2H3,(H,18,26)(H,19,20). The number of nitrogens with zero attached hydrogens (tertiary/aromatic N) is 4. The second-order valence-electron chi connectivity index (χ2n) is 6.72. The minimum absolute atomic E-state index is 0.0730. The Bertz CT molecular complexity index is 796. The summed E-state index contributed by atoms with van der Waals surface area (Å²) in [6.45, 7) is 3.42. The number of aromatic hydroxyl groups is 1. The number of aryl methyl sites for hydroxylation is 3. The van der Waals surface area contributed by atoms with Crippen molar-refractivity contribution in [2.75, 3.05) is 19.6 Å². The second kappa shape index (κ2) is 7.59. The first kappa shape index (κ1) is 18.0. The van der Waals surface area contributed by atoms with Gasteiger partial charge in [0.15, 0.2) is 11.4 Å². The summed E-state index contributed by atoms with van der Waals surface area (Å²) in [7, 11) is 1.86. The van der Waals surface area contributed by atoms with E-state index in [0.717, 1.165) is 12.1 Å². The fourth-order valence-electron chi connectivity index (χ4n) is 3.13. The topological polar surface area (TPSA) is 116 Å². The highest BCUT2D eigenvalue weighted by Gasteiger charge is 2.27. The molecule has 1 aliphatic rings. The monoisotopic (exact) mass is 360 g/mol. The Morgan fingerprint density at radius 1 is 1.46 bits per heavy atom. The molecule has 1 unspecified atom stereocenters. The van der Waals surface area contributed by atoms with Gasteiger partial charge in [-0.1, -0.05) is 0 Å². The Kier molecular flexibility index (Phi) is 5.24. The van der Waals surface area contributed by atoms with Gasteiger partial charge in [0.2, 0.25) is 5.91 Å². The van der Waals surface area contributed by atoms with Crippen LogP contribution in [0.4, 0.5) is 0 Å². The Hall–Kier alpha value is -2.84. The minimum Gasteiger partial charge on any atom is -0.504 e. The van der Waals surface area contributed by atoms with Crippen LogP contribution in [0.1, 0.15) is 34.7 Å². The van der Waals surface area contributed by atoms with Gasteiger partial charge in [-0.15, -0.1) is 0 Å². The number of hydrogen-bond donors (Lipinski definition) is 3. The second-order valence-corrected chi connectivity index (χ2v) is 6.72. The molecule has 0 bridgehead atoms. The van der Waals surface area contributed by atoms with E-state index in [-0.39, 0.29) is 29.2 Å². The molecular weight excluding hydrogens is 336 g/mol. The molecule has 0 aliphatic carbocycles. The van der Waals surface area contributed by atoms with E-state index in [1.54, 1.807) is 11.6 Å². The summed E-state index contributed by atoms with van der Waals surface area (Å²) in [6.07, 6.45) is 3.80. The van der Waals surface area contributed by atoms with Crippen LogP contribution in [0, 0.1) is 12.8 Å². The van der Waals surface area contributed by atoms with E-state index in [0.29, 0.717) is 38.2 Å². The molecule has 140 valence electrons. The van der Waals surface area contributed by atoms with E-state index in [1.807, 2.05) is 24.2 Å². The Morgan fingerprint density at radius 2 is 2.27 bits per heavy atom. The molecule has 0 spiro atoms. The number of nitrogens with one attached hydrogen (secondary N) is 2. The van der Waals surface area contributed by atoms with Crippen molar-refractivity contribution in [3.63, 3.8) is 0 Å². The Morgan fingerprint density at radius 3 is 2.92 bits per heavy atom. The summed E-state index contributed by atoms with van der Waals surface area (Å²) in [6, 6.07) is 1.92. The molecule has 3 heterocycles. The third-order valence-corrected chi connectivity index (χ3v) is 4.70. The molecule has 0 radical (unpaired) electrons. The Balaban J connectivity index is 1.42. The molecule has 2 aromatic heterocycles. The van der Waals surface area contributed by atoms with Crippen LogP contribution in [-0.4, -0.2) is 61.4 Å². The maximum Gasteiger partial charge on any atom is 0.273 e. The van der Waals surface area contributed by atoms with Gasteiger partial charge in [-0.2, -0.15) is 10.2 Å². The predicted octanol–water partition coefficient (Wildman–Crippen LogP) is 0.368. The van der Waals surface area contributed by atoms with Crippen LogP contribution in [0.5, 0.6) is 5.75 Å². The van der Waals surface area contributed by atoms with Gasteiger partial charge >= 0.3 is 0 Å². The highest BCUT2D eigenvalue weighted by Crippen LogP contribution is 2.19. The van der Waals surface area contributed by atoms with Crippen LogP contribution < -0.4 is 5.32 Å². The van der Waals surface area contributed by atoms with Crippen molar-refractivity contribution in [2.24, 2.45) is 13.0 Å². The zero-order valence-electron chi connectivity index (χ0n) is 15.0. The zero-order valence-corrected chi connectivity index (χ0v) is 15.0. The lowest BCUT2D eigenvalue weighted by molar-refractivity contribution is -0.130. The molecule has 2 amide bonds. The number of aromatic amines is 1. The third-order valence-electron chi connectivity index (χ3n) is 4.70.